The highest BCUT2D eigenvalue weighted by molar-refractivity contribution is 9.10. The zero-order valence-corrected chi connectivity index (χ0v) is 7.75. The van der Waals surface area contributed by atoms with E-state index in [-0.39, 0.29) is 0 Å². The number of allylic oxidation sites excluding steroid dienone is 1. The van der Waals surface area contributed by atoms with Crippen LogP contribution in [0.5, 0.6) is 0 Å². The summed E-state index contributed by atoms with van der Waals surface area (Å²) in [5, 5.41) is 17.4. The molecule has 8 heteroatoms. The number of rotatable bonds is 0. The average Bonchev–Trinajstić information content (AvgIpc) is 2.11. The molecule has 3 unspecified atom stereocenters. The first-order valence-corrected chi connectivity index (χ1v) is 4.12. The summed E-state index contributed by atoms with van der Waals surface area (Å²) in [5.74, 6) is -8.62. The average molecular weight is 281 g/mol. The minimum absolute atomic E-state index is 1.78. The molecule has 0 heterocycles. The summed E-state index contributed by atoms with van der Waals surface area (Å²) in [5.41, 5.74) is -8.10. The van der Waals surface area contributed by atoms with Crippen LogP contribution < -0.4 is 0 Å². The maximum atomic E-state index is 13.2. The molecule has 0 aromatic rings. The van der Waals surface area contributed by atoms with Crippen molar-refractivity contribution < 1.29 is 32.2 Å². The number of fused-ring (bicyclic) bond motifs is 1. The Bertz CT molecular complexity index is 333. The molecule has 0 spiro atoms. The lowest BCUT2D eigenvalue weighted by molar-refractivity contribution is -0.420. The highest BCUT2D eigenvalue weighted by Gasteiger charge is 3.01. The summed E-state index contributed by atoms with van der Waals surface area (Å²) in [6, 6.07) is 0. The van der Waals surface area contributed by atoms with Gasteiger partial charge in [-0.2, -0.15) is 0 Å². The topological polar surface area (TPSA) is 40.5 Å². The third-order valence-electron chi connectivity index (χ3n) is 2.62. The summed E-state index contributed by atoms with van der Waals surface area (Å²) in [6.07, 6.45) is 0. The van der Waals surface area contributed by atoms with Gasteiger partial charge in [-0.3, -0.25) is 0 Å². The zero-order valence-electron chi connectivity index (χ0n) is 6.16. The Hall–Kier alpha value is -0.210. The van der Waals surface area contributed by atoms with Crippen LogP contribution in [-0.2, 0) is 0 Å². The maximum absolute atomic E-state index is 13.2. The molecule has 1 fully saturated rings. The molecule has 2 N–H and O–H groups in total. The largest absolute Gasteiger partial charge is 0.359 e. The molecule has 2 aliphatic rings. The van der Waals surface area contributed by atoms with E-state index in [1.807, 2.05) is 0 Å². The number of alkyl halides is 4. The van der Waals surface area contributed by atoms with Crippen LogP contribution in [0.2, 0.25) is 0 Å². The molecule has 2 nitrogen and oxygen atoms in total. The molecular formula is C6H2BrF5O2. The molecule has 0 aliphatic heterocycles. The molecule has 0 radical (unpaired) electrons. The number of aliphatic hydroxyl groups is 2. The van der Waals surface area contributed by atoms with E-state index in [2.05, 4.69) is 0 Å². The second-order valence-corrected chi connectivity index (χ2v) is 4.28. The van der Waals surface area contributed by atoms with Crippen molar-refractivity contribution in [2.45, 2.75) is 21.7 Å². The van der Waals surface area contributed by atoms with Crippen molar-refractivity contribution in [3.63, 3.8) is 0 Å². The lowest BCUT2D eigenvalue weighted by atomic mass is 9.52. The van der Waals surface area contributed by atoms with Gasteiger partial charge in [-0.1, -0.05) is 0 Å². The SMILES string of the molecule is OC1(O)C(F)(Br)C2(F)C(F)=C(F)C12F. The predicted molar refractivity (Wildman–Crippen MR) is 36.9 cm³/mol. The van der Waals surface area contributed by atoms with Crippen molar-refractivity contribution >= 4 is 15.9 Å². The normalized spacial score (nSPS) is 54.9. The van der Waals surface area contributed by atoms with Crippen LogP contribution in [0.4, 0.5) is 22.0 Å². The van der Waals surface area contributed by atoms with Gasteiger partial charge in [0.15, 0.2) is 11.7 Å². The van der Waals surface area contributed by atoms with Crippen LogP contribution in [0.25, 0.3) is 0 Å². The van der Waals surface area contributed by atoms with Crippen LogP contribution in [0.3, 0.4) is 0 Å². The number of hydrogen-bond acceptors (Lipinski definition) is 2. The second-order valence-electron chi connectivity index (χ2n) is 3.19. The van der Waals surface area contributed by atoms with Gasteiger partial charge in [-0.05, 0) is 15.9 Å². The lowest BCUT2D eigenvalue weighted by Crippen LogP contribution is -2.93. The van der Waals surface area contributed by atoms with Crippen LogP contribution in [0.1, 0.15) is 0 Å². The van der Waals surface area contributed by atoms with Crippen LogP contribution in [-0.4, -0.2) is 31.9 Å². The van der Waals surface area contributed by atoms with Crippen LogP contribution >= 0.6 is 15.9 Å². The molecule has 2 rings (SSSR count). The molecular weight excluding hydrogens is 279 g/mol. The van der Waals surface area contributed by atoms with Gasteiger partial charge in [0.2, 0.25) is 0 Å². The Kier molecular flexibility index (Phi) is 1.48. The summed E-state index contributed by atoms with van der Waals surface area (Å²) in [4.78, 5) is 0. The van der Waals surface area contributed by atoms with Gasteiger partial charge in [-0.15, -0.1) is 0 Å². The zero-order chi connectivity index (χ0) is 11.2. The summed E-state index contributed by atoms with van der Waals surface area (Å²) < 4.78 is 60.6. The quantitative estimate of drug-likeness (QED) is 0.399. The van der Waals surface area contributed by atoms with Crippen LogP contribution in [0.15, 0.2) is 11.7 Å². The van der Waals surface area contributed by atoms with E-state index in [1.54, 1.807) is 15.9 Å². The van der Waals surface area contributed by atoms with Crippen molar-refractivity contribution in [3.8, 4) is 0 Å². The maximum Gasteiger partial charge on any atom is 0.266 e. The first-order valence-electron chi connectivity index (χ1n) is 3.33. The Balaban J connectivity index is 2.65. The first-order chi connectivity index (χ1) is 6.07. The number of hydrogen-bond donors (Lipinski definition) is 2. The Morgan fingerprint density at radius 2 is 1.29 bits per heavy atom. The first kappa shape index (κ1) is 10.3. The molecule has 80 valence electrons. The van der Waals surface area contributed by atoms with E-state index in [0.29, 0.717) is 0 Å². The molecule has 0 aromatic carbocycles. The third-order valence-corrected chi connectivity index (χ3v) is 3.72. The number of halogens is 6. The van der Waals surface area contributed by atoms with Gasteiger partial charge in [-0.25, -0.2) is 22.0 Å². The van der Waals surface area contributed by atoms with Crippen molar-refractivity contribution in [3.05, 3.63) is 11.7 Å². The smallest absolute Gasteiger partial charge is 0.266 e. The highest BCUT2D eigenvalue weighted by atomic mass is 79.9. The van der Waals surface area contributed by atoms with Gasteiger partial charge >= 0.3 is 0 Å². The van der Waals surface area contributed by atoms with E-state index in [1.165, 1.54) is 0 Å². The molecule has 2 aliphatic carbocycles. The molecule has 1 saturated carbocycles. The van der Waals surface area contributed by atoms with Crippen molar-refractivity contribution in [2.75, 3.05) is 0 Å². The molecule has 0 aromatic heterocycles. The lowest BCUT2D eigenvalue weighted by Gasteiger charge is -2.65. The molecule has 0 amide bonds. The van der Waals surface area contributed by atoms with E-state index in [9.17, 15) is 22.0 Å². The van der Waals surface area contributed by atoms with Gasteiger partial charge in [0.25, 0.3) is 21.7 Å². The highest BCUT2D eigenvalue weighted by Crippen LogP contribution is 2.77. The Morgan fingerprint density at radius 3 is 1.64 bits per heavy atom. The van der Waals surface area contributed by atoms with Crippen molar-refractivity contribution in [1.82, 2.24) is 0 Å². The predicted octanol–water partition coefficient (Wildman–Crippen LogP) is 1.32. The van der Waals surface area contributed by atoms with Gasteiger partial charge in [0.05, 0.1) is 0 Å². The Labute approximate surface area is 82.1 Å². The van der Waals surface area contributed by atoms with E-state index >= 15 is 0 Å². The molecule has 3 atom stereocenters. The fourth-order valence-electron chi connectivity index (χ4n) is 1.68. The molecule has 14 heavy (non-hydrogen) atoms. The van der Waals surface area contributed by atoms with E-state index in [0.717, 1.165) is 0 Å². The second kappa shape index (κ2) is 2.00. The molecule has 0 bridgehead atoms. The summed E-state index contributed by atoms with van der Waals surface area (Å²) in [6.45, 7) is 0. The van der Waals surface area contributed by atoms with Crippen molar-refractivity contribution in [1.29, 1.82) is 0 Å². The van der Waals surface area contributed by atoms with Gasteiger partial charge in [0, 0.05) is 0 Å². The van der Waals surface area contributed by atoms with Crippen molar-refractivity contribution in [2.24, 2.45) is 0 Å². The molecule has 0 saturated heterocycles. The standard InChI is InChI=1S/C6H2BrF5O2/c7-5(12)3(10)1(8)2(9)4(3,11)6(5,13)14/h13-14H. The fraction of sp³-hybridized carbons (Fsp3) is 0.667. The Morgan fingerprint density at radius 1 is 0.929 bits per heavy atom. The fourth-order valence-corrected chi connectivity index (χ4v) is 2.40. The summed E-state index contributed by atoms with van der Waals surface area (Å²) in [7, 11) is 0. The third kappa shape index (κ3) is 0.512. The monoisotopic (exact) mass is 280 g/mol. The van der Waals surface area contributed by atoms with Crippen LogP contribution in [0, 0.1) is 0 Å². The minimum Gasteiger partial charge on any atom is -0.359 e. The van der Waals surface area contributed by atoms with E-state index in [4.69, 9.17) is 10.2 Å². The van der Waals surface area contributed by atoms with E-state index < -0.39 is 33.4 Å². The van der Waals surface area contributed by atoms with Gasteiger partial charge < -0.3 is 10.2 Å². The van der Waals surface area contributed by atoms with Gasteiger partial charge in [0.1, 0.15) is 0 Å². The summed E-state index contributed by atoms with van der Waals surface area (Å²) >= 11 is 1.78. The minimum atomic E-state index is -4.08.